The summed E-state index contributed by atoms with van der Waals surface area (Å²) in [5.41, 5.74) is 8.11. The molecule has 2 aromatic carbocycles. The summed E-state index contributed by atoms with van der Waals surface area (Å²) in [7, 11) is 0. The van der Waals surface area contributed by atoms with E-state index in [1.807, 2.05) is 18.2 Å². The molecule has 25 heavy (non-hydrogen) atoms. The van der Waals surface area contributed by atoms with Crippen molar-refractivity contribution in [1.82, 2.24) is 0 Å². The molecule has 5 rings (SSSR count). The van der Waals surface area contributed by atoms with Crippen LogP contribution in [0.25, 0.3) is 0 Å². The molecular weight excluding hydrogens is 320 g/mol. The van der Waals surface area contributed by atoms with Crippen LogP contribution < -0.4 is 25.3 Å². The Morgan fingerprint density at radius 3 is 2.80 bits per heavy atom. The Kier molecular flexibility index (Phi) is 2.92. The molecule has 1 aliphatic carbocycles. The average molecular weight is 338 g/mol. The number of carbonyl (C=O) groups excluding carboxylic acids is 1. The largest absolute Gasteiger partial charge is 0.493 e. The minimum absolute atomic E-state index is 0.0118. The zero-order valence-corrected chi connectivity index (χ0v) is 13.6. The van der Waals surface area contributed by atoms with Crippen molar-refractivity contribution in [2.75, 3.05) is 24.5 Å². The number of hydrogen-bond donors (Lipinski definition) is 2. The summed E-state index contributed by atoms with van der Waals surface area (Å²) >= 11 is 0. The van der Waals surface area contributed by atoms with Crippen LogP contribution in [0.5, 0.6) is 17.2 Å². The van der Waals surface area contributed by atoms with Gasteiger partial charge >= 0.3 is 0 Å². The third kappa shape index (κ3) is 2.13. The Morgan fingerprint density at radius 1 is 1.12 bits per heavy atom. The Labute approximate surface area is 144 Å². The fourth-order valence-corrected chi connectivity index (χ4v) is 3.99. The lowest BCUT2D eigenvalue weighted by atomic mass is 9.87. The van der Waals surface area contributed by atoms with Crippen LogP contribution in [0.1, 0.15) is 18.4 Å². The van der Waals surface area contributed by atoms with Gasteiger partial charge in [-0.2, -0.15) is 0 Å². The van der Waals surface area contributed by atoms with E-state index < -0.39 is 0 Å². The highest BCUT2D eigenvalue weighted by atomic mass is 16.7. The minimum atomic E-state index is -0.107. The molecule has 0 radical (unpaired) electrons. The van der Waals surface area contributed by atoms with E-state index in [1.54, 1.807) is 12.1 Å². The molecule has 2 heterocycles. The summed E-state index contributed by atoms with van der Waals surface area (Å²) in [6.45, 7) is 0.821. The number of nitrogen functional groups attached to an aromatic ring is 1. The van der Waals surface area contributed by atoms with Gasteiger partial charge in [0.05, 0.1) is 18.0 Å². The van der Waals surface area contributed by atoms with Gasteiger partial charge in [-0.1, -0.05) is 18.2 Å². The number of hydrogen-bond acceptors (Lipinski definition) is 5. The third-order valence-corrected chi connectivity index (χ3v) is 5.42. The molecule has 0 aromatic heterocycles. The van der Waals surface area contributed by atoms with E-state index in [0.29, 0.717) is 29.5 Å². The quantitative estimate of drug-likeness (QED) is 0.823. The number of nitrogens with two attached hydrogens (primary N) is 1. The molecule has 2 aromatic rings. The third-order valence-electron chi connectivity index (χ3n) is 5.42. The number of rotatable bonds is 2. The first-order valence-electron chi connectivity index (χ1n) is 8.40. The van der Waals surface area contributed by atoms with Gasteiger partial charge in [-0.05, 0) is 18.9 Å². The lowest BCUT2D eigenvalue weighted by Gasteiger charge is -2.26. The minimum Gasteiger partial charge on any atom is -0.493 e. The molecule has 6 nitrogen and oxygen atoms in total. The lowest BCUT2D eigenvalue weighted by molar-refractivity contribution is -0.117. The smallest absolute Gasteiger partial charge is 0.231 e. The van der Waals surface area contributed by atoms with Crippen LogP contribution in [0.2, 0.25) is 0 Å². The number of fused-ring (bicyclic) bond motifs is 3. The Bertz CT molecular complexity index is 882. The Hall–Kier alpha value is -2.89. The second-order valence-corrected chi connectivity index (χ2v) is 6.79. The van der Waals surface area contributed by atoms with Gasteiger partial charge in [0.2, 0.25) is 12.7 Å². The number of ether oxygens (including phenoxy) is 3. The van der Waals surface area contributed by atoms with Crippen molar-refractivity contribution < 1.29 is 19.0 Å². The lowest BCUT2D eigenvalue weighted by Crippen LogP contribution is -2.26. The van der Waals surface area contributed by atoms with Crippen LogP contribution in [-0.2, 0) is 10.2 Å². The monoisotopic (exact) mass is 338 g/mol. The summed E-state index contributed by atoms with van der Waals surface area (Å²) in [4.78, 5) is 12.8. The second kappa shape index (κ2) is 5.05. The fraction of sp³-hybridized carbons (Fsp3) is 0.316. The van der Waals surface area contributed by atoms with E-state index >= 15 is 0 Å². The molecule has 3 aliphatic rings. The normalized spacial score (nSPS) is 25.2. The molecule has 2 atom stereocenters. The van der Waals surface area contributed by atoms with Gasteiger partial charge in [-0.15, -0.1) is 0 Å². The van der Waals surface area contributed by atoms with Gasteiger partial charge < -0.3 is 25.3 Å². The predicted octanol–water partition coefficient (Wildman–Crippen LogP) is 2.68. The number of para-hydroxylation sites is 1. The SMILES string of the molecule is Nc1cc2c(cc1NC(=O)[C@@H]1C[C@@]13CCOc1ccccc13)OCO2. The first-order valence-corrected chi connectivity index (χ1v) is 8.40. The molecule has 1 saturated carbocycles. The number of nitrogens with one attached hydrogen (secondary N) is 1. The van der Waals surface area contributed by atoms with Crippen LogP contribution in [-0.4, -0.2) is 19.3 Å². The summed E-state index contributed by atoms with van der Waals surface area (Å²) in [5.74, 6) is 2.03. The van der Waals surface area contributed by atoms with E-state index in [4.69, 9.17) is 19.9 Å². The van der Waals surface area contributed by atoms with Crippen LogP contribution in [0, 0.1) is 5.92 Å². The van der Waals surface area contributed by atoms with E-state index in [0.717, 1.165) is 24.2 Å². The van der Waals surface area contributed by atoms with Crippen molar-refractivity contribution >= 4 is 17.3 Å². The van der Waals surface area contributed by atoms with Gasteiger partial charge in [0.1, 0.15) is 5.75 Å². The molecule has 0 saturated heterocycles. The van der Waals surface area contributed by atoms with Gasteiger partial charge in [0, 0.05) is 29.0 Å². The fourth-order valence-electron chi connectivity index (χ4n) is 3.99. The summed E-state index contributed by atoms with van der Waals surface area (Å²) in [5, 5.41) is 2.96. The molecule has 128 valence electrons. The zero-order valence-electron chi connectivity index (χ0n) is 13.6. The zero-order chi connectivity index (χ0) is 17.0. The summed E-state index contributed by atoms with van der Waals surface area (Å²) in [6, 6.07) is 11.4. The van der Waals surface area contributed by atoms with Crippen molar-refractivity contribution in [2.24, 2.45) is 5.92 Å². The molecule has 1 fully saturated rings. The number of benzene rings is 2. The number of carbonyl (C=O) groups is 1. The molecule has 1 spiro atoms. The Morgan fingerprint density at radius 2 is 1.92 bits per heavy atom. The molecule has 2 aliphatic heterocycles. The van der Waals surface area contributed by atoms with Crippen LogP contribution >= 0.6 is 0 Å². The van der Waals surface area contributed by atoms with Gasteiger partial charge in [-0.3, -0.25) is 4.79 Å². The van der Waals surface area contributed by atoms with Crippen LogP contribution in [0.15, 0.2) is 36.4 Å². The Balaban J connectivity index is 1.39. The van der Waals surface area contributed by atoms with Crippen molar-refractivity contribution in [3.05, 3.63) is 42.0 Å². The highest BCUT2D eigenvalue weighted by Gasteiger charge is 2.61. The summed E-state index contributed by atoms with van der Waals surface area (Å²) < 4.78 is 16.4. The summed E-state index contributed by atoms with van der Waals surface area (Å²) in [6.07, 6.45) is 1.70. The van der Waals surface area contributed by atoms with E-state index in [9.17, 15) is 4.79 Å². The van der Waals surface area contributed by atoms with Crippen molar-refractivity contribution in [2.45, 2.75) is 18.3 Å². The van der Waals surface area contributed by atoms with E-state index in [-0.39, 0.29) is 24.0 Å². The topological polar surface area (TPSA) is 82.8 Å². The first kappa shape index (κ1) is 14.5. The number of anilines is 2. The van der Waals surface area contributed by atoms with E-state index in [1.165, 1.54) is 0 Å². The predicted molar refractivity (Wildman–Crippen MR) is 91.9 cm³/mol. The van der Waals surface area contributed by atoms with Gasteiger partial charge in [-0.25, -0.2) is 0 Å². The number of amides is 1. The van der Waals surface area contributed by atoms with Gasteiger partial charge in [0.25, 0.3) is 0 Å². The first-order chi connectivity index (χ1) is 12.2. The molecule has 0 unspecified atom stereocenters. The molecule has 6 heteroatoms. The maximum absolute atomic E-state index is 12.8. The van der Waals surface area contributed by atoms with Crippen LogP contribution in [0.3, 0.4) is 0 Å². The van der Waals surface area contributed by atoms with Crippen molar-refractivity contribution in [3.63, 3.8) is 0 Å². The molecule has 0 bridgehead atoms. The van der Waals surface area contributed by atoms with Crippen molar-refractivity contribution in [3.8, 4) is 17.2 Å². The van der Waals surface area contributed by atoms with Crippen molar-refractivity contribution in [1.29, 1.82) is 0 Å². The maximum Gasteiger partial charge on any atom is 0.231 e. The molecule has 1 amide bonds. The average Bonchev–Trinajstić information content (AvgIpc) is 3.15. The molecular formula is C19H18N2O4. The molecule has 3 N–H and O–H groups in total. The standard InChI is InChI=1S/C19H18N2O4/c20-13-7-16-17(25-10-24-16)8-14(13)21-18(22)12-9-19(12)5-6-23-15-4-2-1-3-11(15)19/h1-4,7-8,12H,5-6,9-10,20H2,(H,21,22)/t12-,19+/m0/s1. The van der Waals surface area contributed by atoms with E-state index in [2.05, 4.69) is 11.4 Å². The highest BCUT2D eigenvalue weighted by molar-refractivity contribution is 5.99. The second-order valence-electron chi connectivity index (χ2n) is 6.79. The van der Waals surface area contributed by atoms with Crippen LogP contribution in [0.4, 0.5) is 11.4 Å². The maximum atomic E-state index is 12.8. The highest BCUT2D eigenvalue weighted by Crippen LogP contribution is 2.61. The van der Waals surface area contributed by atoms with Gasteiger partial charge in [0.15, 0.2) is 11.5 Å².